The molecule has 3 rings (SSSR count). The number of alkyl halides is 3. The average molecular weight is 526 g/mol. The molecule has 2 aliphatic heterocycles. The zero-order valence-corrected chi connectivity index (χ0v) is 21.7. The van der Waals surface area contributed by atoms with E-state index in [0.717, 1.165) is 12.1 Å². The first-order valence-electron chi connectivity index (χ1n) is 12.2. The Morgan fingerprint density at radius 3 is 2.38 bits per heavy atom. The molecule has 1 aromatic rings. The minimum Gasteiger partial charge on any atom is -0.463 e. The van der Waals surface area contributed by atoms with Crippen molar-refractivity contribution in [2.24, 2.45) is 0 Å². The highest BCUT2D eigenvalue weighted by molar-refractivity contribution is 5.95. The summed E-state index contributed by atoms with van der Waals surface area (Å²) in [6.07, 6.45) is -4.51. The Balaban J connectivity index is 1.92. The van der Waals surface area contributed by atoms with Crippen LogP contribution in [0.2, 0.25) is 0 Å². The van der Waals surface area contributed by atoms with Crippen LogP contribution in [-0.4, -0.2) is 84.6 Å². The number of nitrogens with zero attached hydrogens (tertiary/aromatic N) is 3. The van der Waals surface area contributed by atoms with Crippen molar-refractivity contribution in [2.75, 3.05) is 39.8 Å². The number of esters is 1. The zero-order valence-electron chi connectivity index (χ0n) is 21.7. The van der Waals surface area contributed by atoms with Gasteiger partial charge in [0, 0.05) is 51.0 Å². The number of urea groups is 2. The number of carbonyl (C=O) groups is 3. The summed E-state index contributed by atoms with van der Waals surface area (Å²) < 4.78 is 44.5. The number of piperazine rings is 1. The number of benzene rings is 1. The number of rotatable bonds is 6. The molecule has 0 radical (unpaired) electrons. The van der Waals surface area contributed by atoms with E-state index in [4.69, 9.17) is 4.74 Å². The molecule has 0 spiro atoms. The molecule has 1 aromatic carbocycles. The third-order valence-electron chi connectivity index (χ3n) is 6.40. The van der Waals surface area contributed by atoms with Crippen LogP contribution >= 0.6 is 0 Å². The van der Waals surface area contributed by atoms with Crippen LogP contribution in [0.25, 0.3) is 0 Å². The molecule has 0 aromatic heterocycles. The van der Waals surface area contributed by atoms with Crippen LogP contribution < -0.4 is 10.6 Å². The molecule has 2 aliphatic rings. The second-order valence-corrected chi connectivity index (χ2v) is 9.52. The average Bonchev–Trinajstić information content (AvgIpc) is 2.81. The van der Waals surface area contributed by atoms with Gasteiger partial charge in [0.15, 0.2) is 0 Å². The molecular formula is C25H34F3N5O4. The highest BCUT2D eigenvalue weighted by Gasteiger charge is 2.39. The van der Waals surface area contributed by atoms with E-state index >= 15 is 0 Å². The molecule has 1 saturated heterocycles. The van der Waals surface area contributed by atoms with E-state index in [1.807, 2.05) is 25.7 Å². The van der Waals surface area contributed by atoms with E-state index in [1.165, 1.54) is 24.1 Å². The van der Waals surface area contributed by atoms with Gasteiger partial charge in [-0.3, -0.25) is 9.80 Å². The molecule has 204 valence electrons. The van der Waals surface area contributed by atoms with E-state index in [1.54, 1.807) is 11.8 Å². The normalized spacial score (nSPS) is 21.3. The molecule has 2 heterocycles. The third-order valence-corrected chi connectivity index (χ3v) is 6.40. The first-order valence-corrected chi connectivity index (χ1v) is 12.2. The van der Waals surface area contributed by atoms with Crippen LogP contribution in [0, 0.1) is 0 Å². The number of hydrogen-bond acceptors (Lipinski definition) is 5. The van der Waals surface area contributed by atoms with Gasteiger partial charge in [-0.1, -0.05) is 12.1 Å². The van der Waals surface area contributed by atoms with Crippen LogP contribution in [0.15, 0.2) is 35.5 Å². The zero-order chi connectivity index (χ0) is 27.5. The molecule has 12 heteroatoms. The fourth-order valence-corrected chi connectivity index (χ4v) is 4.53. The second-order valence-electron chi connectivity index (χ2n) is 9.52. The molecule has 2 atom stereocenters. The third kappa shape index (κ3) is 6.54. The Hall–Kier alpha value is -3.28. The minimum atomic E-state index is -4.51. The van der Waals surface area contributed by atoms with Gasteiger partial charge < -0.3 is 20.3 Å². The minimum absolute atomic E-state index is 0.00607. The standard InChI is InChI=1S/C25H34F3N5O4/c1-6-37-22(34)20-19(14-32-11-12-33(16(4)13-32)24(36)29-15(2)3)31(5)23(35)30-21(20)17-7-9-18(10-8-17)25(26,27)28/h7-10,15-16,21H,6,11-14H2,1-5H3,(H,29,36)(H,30,35)/t16-,21-/m1/s1. The van der Waals surface area contributed by atoms with Gasteiger partial charge in [-0.15, -0.1) is 0 Å². The van der Waals surface area contributed by atoms with Crippen molar-refractivity contribution < 1.29 is 32.3 Å². The summed E-state index contributed by atoms with van der Waals surface area (Å²) in [5.41, 5.74) is 0.0695. The molecule has 0 saturated carbocycles. The molecule has 0 bridgehead atoms. The summed E-state index contributed by atoms with van der Waals surface area (Å²) in [7, 11) is 1.53. The number of carbonyl (C=O) groups excluding carboxylic acids is 3. The van der Waals surface area contributed by atoms with Gasteiger partial charge >= 0.3 is 24.2 Å². The van der Waals surface area contributed by atoms with Gasteiger partial charge in [0.1, 0.15) is 0 Å². The van der Waals surface area contributed by atoms with Crippen molar-refractivity contribution in [3.63, 3.8) is 0 Å². The quantitative estimate of drug-likeness (QED) is 0.556. The molecule has 37 heavy (non-hydrogen) atoms. The topological polar surface area (TPSA) is 94.2 Å². The number of hydrogen-bond donors (Lipinski definition) is 2. The number of nitrogens with one attached hydrogen (secondary N) is 2. The number of ether oxygens (including phenoxy) is 1. The Morgan fingerprint density at radius 1 is 1.19 bits per heavy atom. The highest BCUT2D eigenvalue weighted by Crippen LogP contribution is 2.34. The van der Waals surface area contributed by atoms with Gasteiger partial charge in [-0.2, -0.15) is 13.2 Å². The Kier molecular flexibility index (Phi) is 8.72. The van der Waals surface area contributed by atoms with Crippen molar-refractivity contribution in [1.29, 1.82) is 0 Å². The predicted octanol–water partition coefficient (Wildman–Crippen LogP) is 3.34. The maximum Gasteiger partial charge on any atom is 0.416 e. The van der Waals surface area contributed by atoms with Crippen LogP contribution in [0.3, 0.4) is 0 Å². The van der Waals surface area contributed by atoms with Crippen LogP contribution in [0.4, 0.5) is 22.8 Å². The van der Waals surface area contributed by atoms with Crippen molar-refractivity contribution in [3.05, 3.63) is 46.7 Å². The predicted molar refractivity (Wildman–Crippen MR) is 130 cm³/mol. The van der Waals surface area contributed by atoms with Gasteiger partial charge in [0.05, 0.1) is 23.8 Å². The SMILES string of the molecule is CCOC(=O)C1=C(CN2CCN(C(=O)NC(C)C)[C@H](C)C2)N(C)C(=O)N[C@@H]1c1ccc(C(F)(F)F)cc1. The first-order chi connectivity index (χ1) is 17.3. The molecule has 0 aliphatic carbocycles. The lowest BCUT2D eigenvalue weighted by Crippen LogP contribution is -2.58. The molecule has 9 nitrogen and oxygen atoms in total. The Labute approximate surface area is 214 Å². The monoisotopic (exact) mass is 525 g/mol. The summed E-state index contributed by atoms with van der Waals surface area (Å²) in [6.45, 7) is 9.14. The fourth-order valence-electron chi connectivity index (χ4n) is 4.53. The van der Waals surface area contributed by atoms with Gasteiger partial charge in [0.2, 0.25) is 0 Å². The molecule has 1 fully saturated rings. The van der Waals surface area contributed by atoms with Crippen molar-refractivity contribution in [2.45, 2.75) is 52.0 Å². The number of likely N-dealkylation sites (N-methyl/N-ethyl adjacent to an activating group) is 1. The lowest BCUT2D eigenvalue weighted by molar-refractivity contribution is -0.139. The van der Waals surface area contributed by atoms with E-state index in [-0.39, 0.29) is 36.8 Å². The van der Waals surface area contributed by atoms with Gasteiger partial charge in [-0.25, -0.2) is 14.4 Å². The number of amides is 4. The van der Waals surface area contributed by atoms with Crippen molar-refractivity contribution >= 4 is 18.0 Å². The Morgan fingerprint density at radius 2 is 1.84 bits per heavy atom. The van der Waals surface area contributed by atoms with Crippen LogP contribution in [-0.2, 0) is 15.7 Å². The largest absolute Gasteiger partial charge is 0.463 e. The maximum absolute atomic E-state index is 13.1. The fraction of sp³-hybridized carbons (Fsp3) is 0.560. The maximum atomic E-state index is 13.1. The van der Waals surface area contributed by atoms with E-state index in [9.17, 15) is 27.6 Å². The number of halogens is 3. The molecule has 0 unspecified atom stereocenters. The lowest BCUT2D eigenvalue weighted by atomic mass is 9.93. The first kappa shape index (κ1) is 28.3. The van der Waals surface area contributed by atoms with Gasteiger partial charge in [0.25, 0.3) is 0 Å². The van der Waals surface area contributed by atoms with Crippen LogP contribution in [0.1, 0.15) is 44.9 Å². The summed E-state index contributed by atoms with van der Waals surface area (Å²) in [5.74, 6) is -0.655. The van der Waals surface area contributed by atoms with E-state index < -0.39 is 29.8 Å². The highest BCUT2D eigenvalue weighted by atomic mass is 19.4. The lowest BCUT2D eigenvalue weighted by Gasteiger charge is -2.42. The smallest absolute Gasteiger partial charge is 0.416 e. The molecule has 4 amide bonds. The van der Waals surface area contributed by atoms with Crippen molar-refractivity contribution in [1.82, 2.24) is 25.3 Å². The van der Waals surface area contributed by atoms with Gasteiger partial charge in [-0.05, 0) is 45.4 Å². The summed E-state index contributed by atoms with van der Waals surface area (Å²) in [5, 5.41) is 5.61. The summed E-state index contributed by atoms with van der Waals surface area (Å²) in [6, 6.07) is 2.63. The second kappa shape index (κ2) is 11.4. The van der Waals surface area contributed by atoms with Crippen LogP contribution in [0.5, 0.6) is 0 Å². The van der Waals surface area contributed by atoms with Crippen molar-refractivity contribution in [3.8, 4) is 0 Å². The molecule has 2 N–H and O–H groups in total. The van der Waals surface area contributed by atoms with E-state index in [0.29, 0.717) is 30.9 Å². The summed E-state index contributed by atoms with van der Waals surface area (Å²) >= 11 is 0. The molecular weight excluding hydrogens is 491 g/mol. The summed E-state index contributed by atoms with van der Waals surface area (Å²) in [4.78, 5) is 43.6. The Bertz CT molecular complexity index is 1040. The van der Waals surface area contributed by atoms with E-state index in [2.05, 4.69) is 10.6 Å².